The maximum Gasteiger partial charge on any atom is 0.338 e. The lowest BCUT2D eigenvalue weighted by Gasteiger charge is -2.13. The van der Waals surface area contributed by atoms with Crippen LogP contribution in [0.1, 0.15) is 37.6 Å². The Morgan fingerprint density at radius 1 is 1.33 bits per heavy atom. The normalized spacial score (nSPS) is 11.8. The Morgan fingerprint density at radius 2 is 2.05 bits per heavy atom. The topological polar surface area (TPSA) is 67.4 Å². The van der Waals surface area contributed by atoms with E-state index in [0.717, 1.165) is 6.54 Å². The zero-order chi connectivity index (χ0) is 15.8. The van der Waals surface area contributed by atoms with Crippen LogP contribution < -0.4 is 10.6 Å². The number of halogens is 1. The van der Waals surface area contributed by atoms with Gasteiger partial charge in [-0.05, 0) is 54.5 Å². The minimum atomic E-state index is -0.378. The van der Waals surface area contributed by atoms with Gasteiger partial charge in [-0.3, -0.25) is 4.79 Å². The number of nitrogens with one attached hydrogen (secondary N) is 2. The lowest BCUT2D eigenvalue weighted by Crippen LogP contribution is -2.30. The van der Waals surface area contributed by atoms with Gasteiger partial charge in [-0.1, -0.05) is 6.92 Å². The van der Waals surface area contributed by atoms with E-state index in [4.69, 9.17) is 4.74 Å². The van der Waals surface area contributed by atoms with E-state index in [1.54, 1.807) is 25.1 Å². The molecule has 1 aromatic rings. The fourth-order valence-electron chi connectivity index (χ4n) is 1.86. The smallest absolute Gasteiger partial charge is 0.338 e. The van der Waals surface area contributed by atoms with Crippen LogP contribution in [0, 0.1) is 0 Å². The van der Waals surface area contributed by atoms with Gasteiger partial charge in [-0.2, -0.15) is 0 Å². The molecule has 0 saturated heterocycles. The summed E-state index contributed by atoms with van der Waals surface area (Å²) in [5.41, 5.74) is 1.08. The molecule has 0 radical (unpaired) electrons. The monoisotopic (exact) mass is 356 g/mol. The molecule has 0 aromatic heterocycles. The van der Waals surface area contributed by atoms with Crippen molar-refractivity contribution in [3.8, 4) is 0 Å². The summed E-state index contributed by atoms with van der Waals surface area (Å²) in [6.07, 6.45) is 0.389. The van der Waals surface area contributed by atoms with Crippen LogP contribution in [0.15, 0.2) is 22.7 Å². The summed E-state index contributed by atoms with van der Waals surface area (Å²) in [5, 5.41) is 6.00. The molecule has 116 valence electrons. The lowest BCUT2D eigenvalue weighted by molar-refractivity contribution is -0.116. The highest BCUT2D eigenvalue weighted by molar-refractivity contribution is 9.10. The van der Waals surface area contributed by atoms with E-state index < -0.39 is 0 Å². The predicted molar refractivity (Wildman–Crippen MR) is 86.5 cm³/mol. The first-order valence-electron chi connectivity index (χ1n) is 6.97. The van der Waals surface area contributed by atoms with Crippen LogP contribution in [-0.4, -0.2) is 31.1 Å². The van der Waals surface area contributed by atoms with Crippen molar-refractivity contribution in [3.05, 3.63) is 28.2 Å². The molecule has 0 spiro atoms. The zero-order valence-corrected chi connectivity index (χ0v) is 14.1. The molecule has 0 bridgehead atoms. The maximum absolute atomic E-state index is 11.9. The number of esters is 1. The molecule has 0 aliphatic carbocycles. The Morgan fingerprint density at radius 3 is 2.62 bits per heavy atom. The Balaban J connectivity index is 2.68. The molecular weight excluding hydrogens is 336 g/mol. The third-order valence-electron chi connectivity index (χ3n) is 2.80. The summed E-state index contributed by atoms with van der Waals surface area (Å²) in [4.78, 5) is 23.5. The van der Waals surface area contributed by atoms with Crippen molar-refractivity contribution in [1.29, 1.82) is 0 Å². The number of benzene rings is 1. The fourth-order valence-corrected chi connectivity index (χ4v) is 2.34. The Hall–Kier alpha value is -1.40. The van der Waals surface area contributed by atoms with Gasteiger partial charge in [0.25, 0.3) is 0 Å². The van der Waals surface area contributed by atoms with Crippen molar-refractivity contribution in [3.63, 3.8) is 0 Å². The Kier molecular flexibility index (Phi) is 7.39. The SMILES string of the molecule is CCNC(C)CC(=O)Nc1ccc(C(=O)OCC)cc1Br. The molecule has 1 aromatic carbocycles. The Bertz CT molecular complexity index is 506. The van der Waals surface area contributed by atoms with E-state index in [1.165, 1.54) is 0 Å². The average molecular weight is 357 g/mol. The van der Waals surface area contributed by atoms with Crippen LogP contribution in [-0.2, 0) is 9.53 Å². The number of carbonyl (C=O) groups is 2. The van der Waals surface area contributed by atoms with E-state index in [-0.39, 0.29) is 17.9 Å². The van der Waals surface area contributed by atoms with Gasteiger partial charge in [0, 0.05) is 16.9 Å². The summed E-state index contributed by atoms with van der Waals surface area (Å²) >= 11 is 3.35. The van der Waals surface area contributed by atoms with Crippen LogP contribution in [0.4, 0.5) is 5.69 Å². The molecule has 5 nitrogen and oxygen atoms in total. The highest BCUT2D eigenvalue weighted by Gasteiger charge is 2.12. The number of hydrogen-bond donors (Lipinski definition) is 2. The van der Waals surface area contributed by atoms with Crippen LogP contribution in [0.5, 0.6) is 0 Å². The minimum absolute atomic E-state index is 0.0759. The van der Waals surface area contributed by atoms with E-state index in [2.05, 4.69) is 26.6 Å². The van der Waals surface area contributed by atoms with Crippen LogP contribution in [0.2, 0.25) is 0 Å². The molecule has 0 aliphatic rings. The Labute approximate surface area is 133 Å². The number of rotatable bonds is 7. The molecular formula is C15H21BrN2O3. The largest absolute Gasteiger partial charge is 0.462 e. The summed E-state index contributed by atoms with van der Waals surface area (Å²) in [6, 6.07) is 5.08. The van der Waals surface area contributed by atoms with E-state index in [9.17, 15) is 9.59 Å². The third-order valence-corrected chi connectivity index (χ3v) is 3.45. The van der Waals surface area contributed by atoms with Gasteiger partial charge in [-0.25, -0.2) is 4.79 Å². The van der Waals surface area contributed by atoms with Crippen molar-refractivity contribution < 1.29 is 14.3 Å². The second kappa shape index (κ2) is 8.79. The fraction of sp³-hybridized carbons (Fsp3) is 0.467. The molecule has 0 heterocycles. The van der Waals surface area contributed by atoms with E-state index >= 15 is 0 Å². The van der Waals surface area contributed by atoms with Gasteiger partial charge in [0.2, 0.25) is 5.91 Å². The first-order valence-corrected chi connectivity index (χ1v) is 7.77. The van der Waals surface area contributed by atoms with Gasteiger partial charge in [0.05, 0.1) is 17.9 Å². The number of ether oxygens (including phenoxy) is 1. The van der Waals surface area contributed by atoms with Gasteiger partial charge in [0.15, 0.2) is 0 Å². The molecule has 1 atom stereocenters. The first-order chi connectivity index (χ1) is 9.97. The second-order valence-electron chi connectivity index (χ2n) is 4.63. The van der Waals surface area contributed by atoms with Crippen molar-refractivity contribution >= 4 is 33.5 Å². The third kappa shape index (κ3) is 5.85. The number of hydrogen-bond acceptors (Lipinski definition) is 4. The second-order valence-corrected chi connectivity index (χ2v) is 5.48. The first kappa shape index (κ1) is 17.7. The number of carbonyl (C=O) groups excluding carboxylic acids is 2. The number of amides is 1. The van der Waals surface area contributed by atoms with Gasteiger partial charge < -0.3 is 15.4 Å². The molecule has 2 N–H and O–H groups in total. The van der Waals surface area contributed by atoms with Crippen LogP contribution in [0.25, 0.3) is 0 Å². The van der Waals surface area contributed by atoms with E-state index in [0.29, 0.717) is 28.8 Å². The predicted octanol–water partition coefficient (Wildman–Crippen LogP) is 2.95. The molecule has 0 aliphatic heterocycles. The van der Waals surface area contributed by atoms with Crippen LogP contribution >= 0.6 is 15.9 Å². The standard InChI is InChI=1S/C15H21BrN2O3/c1-4-17-10(3)8-14(19)18-13-7-6-11(9-12(13)16)15(20)21-5-2/h6-7,9-10,17H,4-5,8H2,1-3H3,(H,18,19). The van der Waals surface area contributed by atoms with Gasteiger partial charge >= 0.3 is 5.97 Å². The molecule has 21 heavy (non-hydrogen) atoms. The maximum atomic E-state index is 11.9. The summed E-state index contributed by atoms with van der Waals surface area (Å²) in [7, 11) is 0. The van der Waals surface area contributed by atoms with Crippen molar-refractivity contribution in [2.24, 2.45) is 0 Å². The molecule has 0 fully saturated rings. The average Bonchev–Trinajstić information content (AvgIpc) is 2.41. The zero-order valence-electron chi connectivity index (χ0n) is 12.5. The minimum Gasteiger partial charge on any atom is -0.462 e. The number of anilines is 1. The molecule has 1 unspecified atom stereocenters. The van der Waals surface area contributed by atoms with Gasteiger partial charge in [-0.15, -0.1) is 0 Å². The highest BCUT2D eigenvalue weighted by atomic mass is 79.9. The summed E-state index contributed by atoms with van der Waals surface area (Å²) < 4.78 is 5.58. The molecule has 1 rings (SSSR count). The summed E-state index contributed by atoms with van der Waals surface area (Å²) in [5.74, 6) is -0.454. The molecule has 6 heteroatoms. The van der Waals surface area contributed by atoms with Gasteiger partial charge in [0.1, 0.15) is 0 Å². The van der Waals surface area contributed by atoms with E-state index in [1.807, 2.05) is 13.8 Å². The van der Waals surface area contributed by atoms with Crippen molar-refractivity contribution in [2.75, 3.05) is 18.5 Å². The summed E-state index contributed by atoms with van der Waals surface area (Å²) in [6.45, 7) is 6.87. The van der Waals surface area contributed by atoms with Crippen molar-refractivity contribution in [2.45, 2.75) is 33.2 Å². The molecule has 1 amide bonds. The lowest BCUT2D eigenvalue weighted by atomic mass is 10.2. The quantitative estimate of drug-likeness (QED) is 0.737. The molecule has 0 saturated carbocycles. The highest BCUT2D eigenvalue weighted by Crippen LogP contribution is 2.24. The van der Waals surface area contributed by atoms with Crippen LogP contribution in [0.3, 0.4) is 0 Å². The van der Waals surface area contributed by atoms with Crippen molar-refractivity contribution in [1.82, 2.24) is 5.32 Å².